The highest BCUT2D eigenvalue weighted by atomic mass is 32.2. The predicted molar refractivity (Wildman–Crippen MR) is 120 cm³/mol. The molecule has 1 atom stereocenters. The van der Waals surface area contributed by atoms with Crippen LogP contribution in [-0.4, -0.2) is 44.0 Å². The van der Waals surface area contributed by atoms with Crippen LogP contribution in [0.4, 0.5) is 5.69 Å². The summed E-state index contributed by atoms with van der Waals surface area (Å²) in [6.07, 6.45) is 4.30. The second-order valence-corrected chi connectivity index (χ2v) is 9.72. The number of sulfonamides is 1. The van der Waals surface area contributed by atoms with Crippen molar-refractivity contribution >= 4 is 33.6 Å². The minimum atomic E-state index is -3.53. The van der Waals surface area contributed by atoms with Gasteiger partial charge in [-0.3, -0.25) is 13.9 Å². The number of fused-ring (bicyclic) bond motifs is 2. The maximum Gasteiger partial charge on any atom is 0.236 e. The molecule has 2 amide bonds. The molecule has 0 saturated heterocycles. The zero-order valence-corrected chi connectivity index (χ0v) is 18.1. The fourth-order valence-corrected chi connectivity index (χ4v) is 5.62. The number of nitrogens with zero attached hydrogens (tertiary/aromatic N) is 2. The van der Waals surface area contributed by atoms with Gasteiger partial charge in [-0.05, 0) is 35.3 Å². The fraction of sp³-hybridized carbons (Fsp3) is 0.304. The van der Waals surface area contributed by atoms with Crippen LogP contribution in [0.3, 0.4) is 0 Å². The van der Waals surface area contributed by atoms with Crippen molar-refractivity contribution in [3.63, 3.8) is 0 Å². The Hall–Kier alpha value is -3.13. The van der Waals surface area contributed by atoms with E-state index in [4.69, 9.17) is 0 Å². The zero-order valence-electron chi connectivity index (χ0n) is 17.3. The Labute approximate surface area is 182 Å². The van der Waals surface area contributed by atoms with E-state index in [2.05, 4.69) is 5.32 Å². The number of carbonyl (C=O) groups excluding carboxylic acids is 2. The topological polar surface area (TPSA) is 86.8 Å². The summed E-state index contributed by atoms with van der Waals surface area (Å²) in [4.78, 5) is 26.2. The van der Waals surface area contributed by atoms with E-state index in [0.29, 0.717) is 13.0 Å². The second kappa shape index (κ2) is 8.55. The molecular formula is C23H25N3O4S. The molecule has 7 nitrogen and oxygen atoms in total. The van der Waals surface area contributed by atoms with Gasteiger partial charge in [0.1, 0.15) is 0 Å². The lowest BCUT2D eigenvalue weighted by Crippen LogP contribution is -2.39. The molecule has 2 aromatic carbocycles. The van der Waals surface area contributed by atoms with Crippen molar-refractivity contribution in [3.05, 3.63) is 71.4 Å². The number of anilines is 1. The molecule has 2 heterocycles. The van der Waals surface area contributed by atoms with E-state index < -0.39 is 16.1 Å². The molecule has 0 aromatic heterocycles. The number of hydrogen-bond acceptors (Lipinski definition) is 4. The van der Waals surface area contributed by atoms with Crippen molar-refractivity contribution in [1.82, 2.24) is 10.2 Å². The van der Waals surface area contributed by atoms with Gasteiger partial charge in [-0.2, -0.15) is 0 Å². The van der Waals surface area contributed by atoms with E-state index in [9.17, 15) is 18.0 Å². The second-order valence-electron chi connectivity index (χ2n) is 7.71. The number of rotatable bonds is 6. The zero-order chi connectivity index (χ0) is 22.0. The number of benzene rings is 2. The van der Waals surface area contributed by atoms with Crippen molar-refractivity contribution < 1.29 is 18.0 Å². The molecule has 2 aromatic rings. The molecule has 2 aliphatic heterocycles. The smallest absolute Gasteiger partial charge is 0.236 e. The summed E-state index contributed by atoms with van der Waals surface area (Å²) in [6, 6.07) is 14.7. The first-order chi connectivity index (χ1) is 14.9. The summed E-state index contributed by atoms with van der Waals surface area (Å²) >= 11 is 0. The van der Waals surface area contributed by atoms with Crippen LogP contribution in [0.15, 0.2) is 54.7 Å². The normalized spacial score (nSPS) is 17.3. The largest absolute Gasteiger partial charge is 0.355 e. The lowest BCUT2D eigenvalue weighted by molar-refractivity contribution is -0.129. The number of nitrogens with one attached hydrogen (secondary N) is 1. The van der Waals surface area contributed by atoms with Crippen molar-refractivity contribution in [2.45, 2.75) is 25.8 Å². The van der Waals surface area contributed by atoms with Crippen LogP contribution in [0, 0.1) is 0 Å². The van der Waals surface area contributed by atoms with Gasteiger partial charge in [-0.1, -0.05) is 42.5 Å². The van der Waals surface area contributed by atoms with Crippen LogP contribution in [0.25, 0.3) is 6.08 Å². The van der Waals surface area contributed by atoms with E-state index in [1.54, 1.807) is 11.1 Å². The first kappa shape index (κ1) is 21.1. The molecular weight excluding hydrogens is 414 g/mol. The Morgan fingerprint density at radius 1 is 1.10 bits per heavy atom. The van der Waals surface area contributed by atoms with Gasteiger partial charge < -0.3 is 10.2 Å². The molecule has 0 fully saturated rings. The lowest BCUT2D eigenvalue weighted by Gasteiger charge is -2.32. The van der Waals surface area contributed by atoms with Crippen LogP contribution < -0.4 is 9.62 Å². The van der Waals surface area contributed by atoms with Gasteiger partial charge in [0.2, 0.25) is 21.8 Å². The van der Waals surface area contributed by atoms with E-state index in [0.717, 1.165) is 22.4 Å². The number of amides is 2. The molecule has 2 aliphatic rings. The van der Waals surface area contributed by atoms with Gasteiger partial charge in [-0.25, -0.2) is 8.42 Å². The Morgan fingerprint density at radius 3 is 2.65 bits per heavy atom. The molecule has 0 bridgehead atoms. The predicted octanol–water partition coefficient (Wildman–Crippen LogP) is 2.46. The number of para-hydroxylation sites is 1. The summed E-state index contributed by atoms with van der Waals surface area (Å²) in [6.45, 7) is 1.90. The Bertz CT molecular complexity index is 1140. The fourth-order valence-electron chi connectivity index (χ4n) is 4.19. The van der Waals surface area contributed by atoms with Crippen LogP contribution in [0.2, 0.25) is 0 Å². The highest BCUT2D eigenvalue weighted by Crippen LogP contribution is 2.33. The van der Waals surface area contributed by atoms with E-state index in [1.807, 2.05) is 54.6 Å². The van der Waals surface area contributed by atoms with Gasteiger partial charge in [0.15, 0.2) is 0 Å². The van der Waals surface area contributed by atoms with Crippen molar-refractivity contribution in [2.75, 3.05) is 23.1 Å². The summed E-state index contributed by atoms with van der Waals surface area (Å²) in [5.41, 5.74) is 3.60. The highest BCUT2D eigenvalue weighted by Gasteiger charge is 2.30. The van der Waals surface area contributed by atoms with Gasteiger partial charge in [0.25, 0.3) is 0 Å². The van der Waals surface area contributed by atoms with Crippen LogP contribution >= 0.6 is 0 Å². The van der Waals surface area contributed by atoms with Crippen molar-refractivity contribution in [1.29, 1.82) is 0 Å². The molecule has 1 N–H and O–H groups in total. The van der Waals surface area contributed by atoms with Crippen LogP contribution in [-0.2, 0) is 26.0 Å². The average molecular weight is 440 g/mol. The minimum Gasteiger partial charge on any atom is -0.355 e. The third kappa shape index (κ3) is 4.34. The first-order valence-electron chi connectivity index (χ1n) is 10.3. The summed E-state index contributed by atoms with van der Waals surface area (Å²) in [5.74, 6) is -0.623. The Morgan fingerprint density at radius 2 is 1.84 bits per heavy atom. The van der Waals surface area contributed by atoms with E-state index >= 15 is 0 Å². The molecule has 0 radical (unpaired) electrons. The van der Waals surface area contributed by atoms with Gasteiger partial charge in [-0.15, -0.1) is 0 Å². The third-order valence-electron chi connectivity index (χ3n) is 5.71. The van der Waals surface area contributed by atoms with E-state index in [1.165, 1.54) is 11.2 Å². The summed E-state index contributed by atoms with van der Waals surface area (Å²) in [7, 11) is -3.53. The first-order valence-corrected chi connectivity index (χ1v) is 11.9. The molecule has 8 heteroatoms. The maximum absolute atomic E-state index is 12.8. The average Bonchev–Trinajstić information content (AvgIpc) is 3.19. The standard InChI is InChI=1S/C23H25N3O4S/c1-17(27)25-13-10-18-6-2-4-8-20(18)22(25)16-23(28)24-12-15-31(29,30)26-14-11-19-7-3-5-9-21(19)26/h2-10,13,22H,11-12,14-16H2,1H3,(H,24,28)/t22-/m0/s1. The van der Waals surface area contributed by atoms with Crippen molar-refractivity contribution in [3.8, 4) is 0 Å². The van der Waals surface area contributed by atoms with Crippen molar-refractivity contribution in [2.24, 2.45) is 0 Å². The molecule has 0 aliphatic carbocycles. The lowest BCUT2D eigenvalue weighted by atomic mass is 9.93. The quantitative estimate of drug-likeness (QED) is 0.749. The monoisotopic (exact) mass is 439 g/mol. The van der Waals surface area contributed by atoms with Crippen LogP contribution in [0.1, 0.15) is 36.1 Å². The van der Waals surface area contributed by atoms with Gasteiger partial charge in [0.05, 0.1) is 23.9 Å². The molecule has 4 rings (SSSR count). The molecule has 162 valence electrons. The highest BCUT2D eigenvalue weighted by molar-refractivity contribution is 7.92. The Balaban J connectivity index is 1.38. The third-order valence-corrected chi connectivity index (χ3v) is 7.48. The molecule has 0 unspecified atom stereocenters. The van der Waals surface area contributed by atoms with Gasteiger partial charge in [0, 0.05) is 26.2 Å². The minimum absolute atomic E-state index is 0.0180. The SMILES string of the molecule is CC(=O)N1C=Cc2ccccc2[C@@H]1CC(=O)NCCS(=O)(=O)N1CCc2ccccc21. The summed E-state index contributed by atoms with van der Waals surface area (Å²) < 4.78 is 27.0. The molecule has 0 spiro atoms. The maximum atomic E-state index is 12.8. The van der Waals surface area contributed by atoms with Crippen LogP contribution in [0.5, 0.6) is 0 Å². The molecule has 31 heavy (non-hydrogen) atoms. The van der Waals surface area contributed by atoms with E-state index in [-0.39, 0.29) is 30.5 Å². The van der Waals surface area contributed by atoms with Gasteiger partial charge >= 0.3 is 0 Å². The molecule has 0 saturated carbocycles. The Kier molecular flexibility index (Phi) is 5.82. The number of hydrogen-bond donors (Lipinski definition) is 1. The number of carbonyl (C=O) groups is 2. The summed E-state index contributed by atoms with van der Waals surface area (Å²) in [5, 5.41) is 2.72.